The van der Waals surface area contributed by atoms with Gasteiger partial charge in [0.2, 0.25) is 0 Å². The highest BCUT2D eigenvalue weighted by molar-refractivity contribution is 5.58. The second-order valence-corrected chi connectivity index (χ2v) is 5.83. The van der Waals surface area contributed by atoms with Crippen molar-refractivity contribution in [3.63, 3.8) is 0 Å². The molecular formula is C15H22N4. The number of aromatic nitrogens is 2. The molecular weight excluding hydrogens is 236 g/mol. The van der Waals surface area contributed by atoms with Crippen LogP contribution in [0.15, 0.2) is 0 Å². The molecule has 1 aromatic rings. The van der Waals surface area contributed by atoms with Crippen LogP contribution in [0.3, 0.4) is 0 Å². The molecule has 0 unspecified atom stereocenters. The minimum absolute atomic E-state index is 0.558. The van der Waals surface area contributed by atoms with Gasteiger partial charge in [0, 0.05) is 12.6 Å². The molecule has 1 aliphatic rings. The van der Waals surface area contributed by atoms with Gasteiger partial charge in [0.1, 0.15) is 11.6 Å². The Morgan fingerprint density at radius 2 is 2.00 bits per heavy atom. The fourth-order valence-corrected chi connectivity index (χ4v) is 2.18. The first-order valence-corrected chi connectivity index (χ1v) is 7.05. The van der Waals surface area contributed by atoms with E-state index < -0.39 is 0 Å². The van der Waals surface area contributed by atoms with Gasteiger partial charge in [-0.3, -0.25) is 0 Å². The quantitative estimate of drug-likeness (QED) is 0.814. The summed E-state index contributed by atoms with van der Waals surface area (Å²) < 4.78 is 0. The molecule has 4 heteroatoms. The maximum atomic E-state index is 9.41. The van der Waals surface area contributed by atoms with Crippen molar-refractivity contribution >= 4 is 5.82 Å². The van der Waals surface area contributed by atoms with Crippen LogP contribution in [0.2, 0.25) is 0 Å². The highest BCUT2D eigenvalue weighted by atomic mass is 15.3. The summed E-state index contributed by atoms with van der Waals surface area (Å²) in [6, 6.07) is 2.87. The van der Waals surface area contributed by atoms with Gasteiger partial charge in [0.15, 0.2) is 5.82 Å². The van der Waals surface area contributed by atoms with Gasteiger partial charge < -0.3 is 4.90 Å². The molecule has 1 fully saturated rings. The lowest BCUT2D eigenvalue weighted by Gasteiger charge is -2.25. The zero-order valence-electron chi connectivity index (χ0n) is 12.3. The number of nitriles is 1. The third-order valence-corrected chi connectivity index (χ3v) is 3.75. The number of anilines is 1. The van der Waals surface area contributed by atoms with Crippen LogP contribution in [0.25, 0.3) is 0 Å². The molecule has 0 amide bonds. The van der Waals surface area contributed by atoms with E-state index >= 15 is 0 Å². The predicted molar refractivity (Wildman–Crippen MR) is 76.0 cm³/mol. The summed E-state index contributed by atoms with van der Waals surface area (Å²) in [5, 5.41) is 17.9. The van der Waals surface area contributed by atoms with E-state index in [-0.39, 0.29) is 0 Å². The average molecular weight is 258 g/mol. The number of nitrogens with zero attached hydrogens (tertiary/aromatic N) is 4. The molecule has 1 saturated carbocycles. The lowest BCUT2D eigenvalue weighted by atomic mass is 10.1. The van der Waals surface area contributed by atoms with Crippen LogP contribution in [-0.4, -0.2) is 22.8 Å². The SMILES string of the molecule is Cc1nnc(N(CCC(C)C)C2CC2)c(C#N)c1C. The normalized spacial score (nSPS) is 14.5. The van der Waals surface area contributed by atoms with Gasteiger partial charge in [-0.25, -0.2) is 0 Å². The molecule has 1 heterocycles. The van der Waals surface area contributed by atoms with Gasteiger partial charge in [-0.2, -0.15) is 10.4 Å². The fraction of sp³-hybridized carbons (Fsp3) is 0.667. The molecule has 1 aromatic heterocycles. The Balaban J connectivity index is 2.31. The van der Waals surface area contributed by atoms with Crippen LogP contribution in [0.4, 0.5) is 5.82 Å². The van der Waals surface area contributed by atoms with E-state index in [1.807, 2.05) is 13.8 Å². The molecule has 0 saturated heterocycles. The van der Waals surface area contributed by atoms with Crippen LogP contribution in [-0.2, 0) is 0 Å². The van der Waals surface area contributed by atoms with Crippen LogP contribution in [0.1, 0.15) is 49.9 Å². The largest absolute Gasteiger partial charge is 0.351 e. The first-order valence-electron chi connectivity index (χ1n) is 7.05. The van der Waals surface area contributed by atoms with Gasteiger partial charge in [-0.05, 0) is 44.6 Å². The molecule has 0 aliphatic heterocycles. The minimum Gasteiger partial charge on any atom is -0.351 e. The molecule has 0 spiro atoms. The number of hydrogen-bond acceptors (Lipinski definition) is 4. The standard InChI is InChI=1S/C15H22N4/c1-10(2)7-8-19(13-5-6-13)15-14(9-16)11(3)12(4)17-18-15/h10,13H,5-8H2,1-4H3. The molecule has 0 N–H and O–H groups in total. The van der Waals surface area contributed by atoms with Crippen molar-refractivity contribution in [2.24, 2.45) is 5.92 Å². The average Bonchev–Trinajstić information content (AvgIpc) is 3.18. The first-order chi connectivity index (χ1) is 9.04. The summed E-state index contributed by atoms with van der Waals surface area (Å²) in [7, 11) is 0. The van der Waals surface area contributed by atoms with E-state index in [0.717, 1.165) is 30.0 Å². The number of aryl methyl sites for hydroxylation is 1. The van der Waals surface area contributed by atoms with Gasteiger partial charge in [0.05, 0.1) is 5.69 Å². The van der Waals surface area contributed by atoms with Crippen molar-refractivity contribution in [3.8, 4) is 6.07 Å². The maximum Gasteiger partial charge on any atom is 0.169 e. The van der Waals surface area contributed by atoms with Crippen LogP contribution in [0, 0.1) is 31.1 Å². The van der Waals surface area contributed by atoms with Gasteiger partial charge in [-0.15, -0.1) is 5.10 Å². The Morgan fingerprint density at radius 3 is 2.53 bits per heavy atom. The summed E-state index contributed by atoms with van der Waals surface area (Å²) >= 11 is 0. The summed E-state index contributed by atoms with van der Waals surface area (Å²) in [6.45, 7) is 9.28. The lowest BCUT2D eigenvalue weighted by Crippen LogP contribution is -2.30. The topological polar surface area (TPSA) is 52.8 Å². The lowest BCUT2D eigenvalue weighted by molar-refractivity contribution is 0.566. The van der Waals surface area contributed by atoms with E-state index in [0.29, 0.717) is 17.5 Å². The van der Waals surface area contributed by atoms with Gasteiger partial charge in [0.25, 0.3) is 0 Å². The molecule has 0 aromatic carbocycles. The predicted octanol–water partition coefficient (Wildman–Crippen LogP) is 2.98. The Hall–Kier alpha value is -1.63. The molecule has 2 rings (SSSR count). The van der Waals surface area contributed by atoms with Gasteiger partial charge in [-0.1, -0.05) is 13.8 Å². The van der Waals surface area contributed by atoms with E-state index in [1.165, 1.54) is 12.8 Å². The molecule has 19 heavy (non-hydrogen) atoms. The molecule has 102 valence electrons. The molecule has 1 aliphatic carbocycles. The Morgan fingerprint density at radius 1 is 1.32 bits per heavy atom. The van der Waals surface area contributed by atoms with Crippen LogP contribution in [0.5, 0.6) is 0 Å². The zero-order valence-corrected chi connectivity index (χ0v) is 12.3. The third kappa shape index (κ3) is 3.04. The van der Waals surface area contributed by atoms with E-state index in [9.17, 15) is 5.26 Å². The monoisotopic (exact) mass is 258 g/mol. The second kappa shape index (κ2) is 5.56. The Bertz CT molecular complexity index is 498. The number of hydrogen-bond donors (Lipinski definition) is 0. The highest BCUT2D eigenvalue weighted by Crippen LogP contribution is 2.33. The van der Waals surface area contributed by atoms with Crippen molar-refractivity contribution in [3.05, 3.63) is 16.8 Å². The van der Waals surface area contributed by atoms with E-state index in [2.05, 4.69) is 35.0 Å². The summed E-state index contributed by atoms with van der Waals surface area (Å²) in [6.07, 6.45) is 3.53. The van der Waals surface area contributed by atoms with Crippen molar-refractivity contribution < 1.29 is 0 Å². The fourth-order valence-electron chi connectivity index (χ4n) is 2.18. The highest BCUT2D eigenvalue weighted by Gasteiger charge is 2.32. The van der Waals surface area contributed by atoms with Crippen LogP contribution >= 0.6 is 0 Å². The summed E-state index contributed by atoms with van der Waals surface area (Å²) in [5.74, 6) is 1.44. The van der Waals surface area contributed by atoms with Crippen LogP contribution < -0.4 is 4.90 Å². The molecule has 0 atom stereocenters. The van der Waals surface area contributed by atoms with Crippen molar-refractivity contribution in [1.29, 1.82) is 5.26 Å². The van der Waals surface area contributed by atoms with Crippen molar-refractivity contribution in [2.45, 2.75) is 53.0 Å². The minimum atomic E-state index is 0.558. The summed E-state index contributed by atoms with van der Waals surface area (Å²) in [5.41, 5.74) is 2.51. The molecule has 0 radical (unpaired) electrons. The van der Waals surface area contributed by atoms with Crippen molar-refractivity contribution in [2.75, 3.05) is 11.4 Å². The van der Waals surface area contributed by atoms with Crippen molar-refractivity contribution in [1.82, 2.24) is 10.2 Å². The second-order valence-electron chi connectivity index (χ2n) is 5.83. The van der Waals surface area contributed by atoms with Gasteiger partial charge >= 0.3 is 0 Å². The first kappa shape index (κ1) is 13.8. The number of rotatable bonds is 5. The molecule has 0 bridgehead atoms. The molecule has 4 nitrogen and oxygen atoms in total. The smallest absolute Gasteiger partial charge is 0.169 e. The zero-order chi connectivity index (χ0) is 14.0. The third-order valence-electron chi connectivity index (χ3n) is 3.75. The van der Waals surface area contributed by atoms with E-state index in [4.69, 9.17) is 0 Å². The summed E-state index contributed by atoms with van der Waals surface area (Å²) in [4.78, 5) is 2.29. The maximum absolute atomic E-state index is 9.41. The Labute approximate surface area is 115 Å². The Kier molecular flexibility index (Phi) is 4.04. The van der Waals surface area contributed by atoms with E-state index in [1.54, 1.807) is 0 Å².